The summed E-state index contributed by atoms with van der Waals surface area (Å²) >= 11 is 0. The van der Waals surface area contributed by atoms with Crippen molar-refractivity contribution < 1.29 is 4.74 Å². The molecule has 13 heavy (non-hydrogen) atoms. The van der Waals surface area contributed by atoms with Crippen LogP contribution in [0.4, 0.5) is 0 Å². The van der Waals surface area contributed by atoms with Gasteiger partial charge in [0, 0.05) is 23.5 Å². The summed E-state index contributed by atoms with van der Waals surface area (Å²) in [5.74, 6) is 0.895. The van der Waals surface area contributed by atoms with Gasteiger partial charge in [0.15, 0.2) is 0 Å². The summed E-state index contributed by atoms with van der Waals surface area (Å²) in [5, 5.41) is 0. The summed E-state index contributed by atoms with van der Waals surface area (Å²) in [7, 11) is 1.68. The van der Waals surface area contributed by atoms with E-state index in [-0.39, 0.29) is 5.54 Å². The predicted octanol–water partition coefficient (Wildman–Crippen LogP) is 1.12. The van der Waals surface area contributed by atoms with E-state index in [0.717, 1.165) is 30.6 Å². The van der Waals surface area contributed by atoms with E-state index >= 15 is 0 Å². The van der Waals surface area contributed by atoms with E-state index in [9.17, 15) is 0 Å². The fraction of sp³-hybridized carbons (Fsp3) is 0.500. The maximum atomic E-state index is 6.02. The molecule has 0 bridgehead atoms. The van der Waals surface area contributed by atoms with E-state index in [1.807, 2.05) is 12.3 Å². The van der Waals surface area contributed by atoms with Crippen LogP contribution in [-0.4, -0.2) is 17.6 Å². The first kappa shape index (κ1) is 8.51. The van der Waals surface area contributed by atoms with E-state index in [0.29, 0.717) is 0 Å². The molecule has 0 aliphatic heterocycles. The van der Waals surface area contributed by atoms with Crippen molar-refractivity contribution in [2.45, 2.75) is 24.8 Å². The Bertz CT molecular complexity index is 308. The highest BCUT2D eigenvalue weighted by atomic mass is 16.5. The van der Waals surface area contributed by atoms with Crippen LogP contribution < -0.4 is 10.5 Å². The Morgan fingerprint density at radius 3 is 3.00 bits per heavy atom. The van der Waals surface area contributed by atoms with Gasteiger partial charge in [0.1, 0.15) is 5.75 Å². The molecular formula is C10H14N2O. The Kier molecular flexibility index (Phi) is 1.96. The maximum absolute atomic E-state index is 6.02. The molecule has 1 heterocycles. The average molecular weight is 178 g/mol. The largest absolute Gasteiger partial charge is 0.496 e. The van der Waals surface area contributed by atoms with Crippen molar-refractivity contribution in [3.05, 3.63) is 24.0 Å². The van der Waals surface area contributed by atoms with Crippen molar-refractivity contribution in [2.75, 3.05) is 7.11 Å². The molecule has 1 aromatic heterocycles. The fourth-order valence-electron chi connectivity index (χ4n) is 1.46. The van der Waals surface area contributed by atoms with E-state index in [1.54, 1.807) is 13.3 Å². The van der Waals surface area contributed by atoms with Gasteiger partial charge in [-0.1, -0.05) is 0 Å². The number of nitrogens with two attached hydrogens (primary N) is 1. The van der Waals surface area contributed by atoms with E-state index in [4.69, 9.17) is 10.5 Å². The Hall–Kier alpha value is -1.09. The van der Waals surface area contributed by atoms with Crippen LogP contribution in [-0.2, 0) is 6.42 Å². The molecule has 70 valence electrons. The molecule has 2 rings (SSSR count). The van der Waals surface area contributed by atoms with Crippen LogP contribution >= 0.6 is 0 Å². The standard InChI is InChI=1S/C10H14N2O/c1-13-9-2-5-12-7-8(9)6-10(11)3-4-10/h2,5,7H,3-4,6,11H2,1H3. The van der Waals surface area contributed by atoms with Crippen LogP contribution in [0.5, 0.6) is 5.75 Å². The van der Waals surface area contributed by atoms with Gasteiger partial charge < -0.3 is 10.5 Å². The van der Waals surface area contributed by atoms with E-state index in [2.05, 4.69) is 4.98 Å². The first-order valence-corrected chi connectivity index (χ1v) is 4.49. The molecule has 0 amide bonds. The lowest BCUT2D eigenvalue weighted by Gasteiger charge is -2.11. The zero-order chi connectivity index (χ0) is 9.31. The molecule has 0 saturated heterocycles. The number of ether oxygens (including phenoxy) is 1. The van der Waals surface area contributed by atoms with Gasteiger partial charge in [-0.15, -0.1) is 0 Å². The van der Waals surface area contributed by atoms with Gasteiger partial charge in [-0.05, 0) is 25.3 Å². The molecule has 1 saturated carbocycles. The first-order chi connectivity index (χ1) is 6.23. The number of aromatic nitrogens is 1. The van der Waals surface area contributed by atoms with Crippen LogP contribution in [0.2, 0.25) is 0 Å². The summed E-state index contributed by atoms with van der Waals surface area (Å²) in [6, 6.07) is 1.88. The van der Waals surface area contributed by atoms with Crippen molar-refractivity contribution in [1.82, 2.24) is 4.98 Å². The quantitative estimate of drug-likeness (QED) is 0.754. The highest BCUT2D eigenvalue weighted by Gasteiger charge is 2.38. The number of methoxy groups -OCH3 is 1. The highest BCUT2D eigenvalue weighted by molar-refractivity contribution is 5.32. The zero-order valence-electron chi connectivity index (χ0n) is 7.79. The lowest BCUT2D eigenvalue weighted by molar-refractivity contribution is 0.406. The second-order valence-electron chi connectivity index (χ2n) is 3.73. The molecule has 0 radical (unpaired) electrons. The molecule has 3 heteroatoms. The SMILES string of the molecule is COc1ccncc1CC1(N)CC1. The normalized spacial score (nSPS) is 18.3. The topological polar surface area (TPSA) is 48.1 Å². The zero-order valence-corrected chi connectivity index (χ0v) is 7.79. The molecule has 0 atom stereocenters. The van der Waals surface area contributed by atoms with Gasteiger partial charge in [0.25, 0.3) is 0 Å². The van der Waals surface area contributed by atoms with Crippen molar-refractivity contribution >= 4 is 0 Å². The number of hydrogen-bond acceptors (Lipinski definition) is 3. The molecule has 1 aliphatic rings. The molecule has 0 unspecified atom stereocenters. The van der Waals surface area contributed by atoms with Gasteiger partial charge in [-0.25, -0.2) is 0 Å². The molecule has 1 fully saturated rings. The summed E-state index contributed by atoms with van der Waals surface area (Å²) in [6.07, 6.45) is 6.68. The molecule has 2 N–H and O–H groups in total. The highest BCUT2D eigenvalue weighted by Crippen LogP contribution is 2.37. The number of rotatable bonds is 3. The summed E-state index contributed by atoms with van der Waals surface area (Å²) < 4.78 is 5.22. The molecule has 3 nitrogen and oxygen atoms in total. The van der Waals surface area contributed by atoms with Crippen molar-refractivity contribution in [2.24, 2.45) is 5.73 Å². The minimum atomic E-state index is 0.0241. The Labute approximate surface area is 77.9 Å². The van der Waals surface area contributed by atoms with Crippen LogP contribution in [0.1, 0.15) is 18.4 Å². The minimum absolute atomic E-state index is 0.0241. The third-order valence-corrected chi connectivity index (χ3v) is 2.51. The van der Waals surface area contributed by atoms with Crippen LogP contribution in [0.25, 0.3) is 0 Å². The molecule has 1 aliphatic carbocycles. The number of pyridine rings is 1. The first-order valence-electron chi connectivity index (χ1n) is 4.49. The van der Waals surface area contributed by atoms with Crippen molar-refractivity contribution in [3.8, 4) is 5.75 Å². The van der Waals surface area contributed by atoms with Crippen LogP contribution in [0.3, 0.4) is 0 Å². The van der Waals surface area contributed by atoms with Gasteiger partial charge in [0.05, 0.1) is 7.11 Å². The monoisotopic (exact) mass is 178 g/mol. The predicted molar refractivity (Wildman–Crippen MR) is 50.6 cm³/mol. The van der Waals surface area contributed by atoms with Crippen molar-refractivity contribution in [3.63, 3.8) is 0 Å². The third-order valence-electron chi connectivity index (χ3n) is 2.51. The Morgan fingerprint density at radius 2 is 2.38 bits per heavy atom. The van der Waals surface area contributed by atoms with Gasteiger partial charge in [-0.3, -0.25) is 4.98 Å². The van der Waals surface area contributed by atoms with Crippen molar-refractivity contribution in [1.29, 1.82) is 0 Å². The average Bonchev–Trinajstić information content (AvgIpc) is 2.84. The summed E-state index contributed by atoms with van der Waals surface area (Å²) in [5.41, 5.74) is 7.16. The molecule has 1 aromatic rings. The Balaban J connectivity index is 2.18. The minimum Gasteiger partial charge on any atom is -0.496 e. The van der Waals surface area contributed by atoms with Gasteiger partial charge >= 0.3 is 0 Å². The van der Waals surface area contributed by atoms with E-state index < -0.39 is 0 Å². The molecule has 0 aromatic carbocycles. The lowest BCUT2D eigenvalue weighted by atomic mass is 10.1. The molecule has 0 spiro atoms. The fourth-order valence-corrected chi connectivity index (χ4v) is 1.46. The number of hydrogen-bond donors (Lipinski definition) is 1. The second kappa shape index (κ2) is 3.00. The van der Waals surface area contributed by atoms with Crippen LogP contribution in [0, 0.1) is 0 Å². The molecular weight excluding hydrogens is 164 g/mol. The number of nitrogens with zero attached hydrogens (tertiary/aromatic N) is 1. The van der Waals surface area contributed by atoms with E-state index in [1.165, 1.54) is 0 Å². The maximum Gasteiger partial charge on any atom is 0.125 e. The lowest BCUT2D eigenvalue weighted by Crippen LogP contribution is -2.24. The second-order valence-corrected chi connectivity index (χ2v) is 3.73. The Morgan fingerprint density at radius 1 is 1.62 bits per heavy atom. The van der Waals surface area contributed by atoms with Gasteiger partial charge in [-0.2, -0.15) is 0 Å². The smallest absolute Gasteiger partial charge is 0.125 e. The third kappa shape index (κ3) is 1.80. The van der Waals surface area contributed by atoms with Crippen LogP contribution in [0.15, 0.2) is 18.5 Å². The summed E-state index contributed by atoms with van der Waals surface area (Å²) in [4.78, 5) is 4.07. The summed E-state index contributed by atoms with van der Waals surface area (Å²) in [6.45, 7) is 0. The van der Waals surface area contributed by atoms with Gasteiger partial charge in [0.2, 0.25) is 0 Å².